The van der Waals surface area contributed by atoms with E-state index in [2.05, 4.69) is 10.3 Å². The Morgan fingerprint density at radius 1 is 1.33 bits per heavy atom. The molecule has 0 spiro atoms. The average Bonchev–Trinajstić information content (AvgIpc) is 2.95. The van der Waals surface area contributed by atoms with Crippen LogP contribution in [0.4, 0.5) is 0 Å². The lowest BCUT2D eigenvalue weighted by Crippen LogP contribution is -2.70. The largest absolute Gasteiger partial charge is 0.464 e. The molecule has 1 saturated heterocycles. The molecule has 7 heteroatoms. The van der Waals surface area contributed by atoms with Gasteiger partial charge in [0.1, 0.15) is 0 Å². The van der Waals surface area contributed by atoms with Crippen molar-refractivity contribution in [1.29, 1.82) is 0 Å². The molecular formula is C17H19N3O4. The summed E-state index contributed by atoms with van der Waals surface area (Å²) in [5.74, 6) is -1.59. The lowest BCUT2D eigenvalue weighted by molar-refractivity contribution is -0.165. The van der Waals surface area contributed by atoms with Gasteiger partial charge in [0.05, 0.1) is 13.2 Å². The van der Waals surface area contributed by atoms with Gasteiger partial charge in [0.2, 0.25) is 11.4 Å². The molecule has 24 heavy (non-hydrogen) atoms. The number of fused-ring (bicyclic) bond motifs is 1. The van der Waals surface area contributed by atoms with E-state index < -0.39 is 17.4 Å². The highest BCUT2D eigenvalue weighted by Gasteiger charge is 2.53. The van der Waals surface area contributed by atoms with Crippen molar-refractivity contribution in [3.8, 4) is 0 Å². The van der Waals surface area contributed by atoms with Crippen LogP contribution in [0.25, 0.3) is 10.9 Å². The number of piperazine rings is 1. The second kappa shape index (κ2) is 5.99. The summed E-state index contributed by atoms with van der Waals surface area (Å²) in [6.45, 7) is 1.71. The number of aromatic amines is 1. The van der Waals surface area contributed by atoms with Crippen LogP contribution in [0.5, 0.6) is 0 Å². The van der Waals surface area contributed by atoms with E-state index >= 15 is 0 Å². The molecule has 1 atom stereocenters. The lowest BCUT2D eigenvalue weighted by Gasteiger charge is -2.38. The number of nitrogens with zero attached hydrogens (tertiary/aromatic N) is 1. The maximum Gasteiger partial charge on any atom is 0.342 e. The van der Waals surface area contributed by atoms with Crippen molar-refractivity contribution in [2.24, 2.45) is 0 Å². The molecule has 3 rings (SSSR count). The number of rotatable bonds is 4. The summed E-state index contributed by atoms with van der Waals surface area (Å²) in [6.07, 6.45) is 1.78. The molecule has 1 aliphatic heterocycles. The fraction of sp³-hybridized carbons (Fsp3) is 0.353. The standard InChI is InChI=1S/C17H19N3O4/c1-3-24-16(23)17(15(22)20(2)10-14(21)19-17)8-11-9-18-13-7-5-4-6-12(11)13/h4-7,9,18H,3,8,10H2,1-2H3,(H,19,21). The molecule has 2 aromatic rings. The van der Waals surface area contributed by atoms with Crippen LogP contribution in [-0.2, 0) is 25.5 Å². The van der Waals surface area contributed by atoms with Gasteiger partial charge in [-0.1, -0.05) is 18.2 Å². The van der Waals surface area contributed by atoms with E-state index in [-0.39, 0.29) is 25.5 Å². The van der Waals surface area contributed by atoms with Gasteiger partial charge in [0, 0.05) is 30.6 Å². The summed E-state index contributed by atoms with van der Waals surface area (Å²) in [6, 6.07) is 7.58. The zero-order valence-electron chi connectivity index (χ0n) is 13.6. The Labute approximate surface area is 139 Å². The van der Waals surface area contributed by atoms with Crippen molar-refractivity contribution in [3.05, 3.63) is 36.0 Å². The van der Waals surface area contributed by atoms with E-state index in [0.717, 1.165) is 16.5 Å². The zero-order chi connectivity index (χ0) is 17.3. The first kappa shape index (κ1) is 16.0. The fourth-order valence-electron chi connectivity index (χ4n) is 3.09. The zero-order valence-corrected chi connectivity index (χ0v) is 13.6. The molecule has 1 aromatic carbocycles. The quantitative estimate of drug-likeness (QED) is 0.635. The predicted molar refractivity (Wildman–Crippen MR) is 87.1 cm³/mol. The molecule has 2 amide bonds. The van der Waals surface area contributed by atoms with E-state index in [0.29, 0.717) is 0 Å². The minimum Gasteiger partial charge on any atom is -0.464 e. The molecule has 2 N–H and O–H groups in total. The summed E-state index contributed by atoms with van der Waals surface area (Å²) in [5.41, 5.74) is -0.0672. The second-order valence-electron chi connectivity index (χ2n) is 5.87. The molecule has 2 heterocycles. The molecule has 7 nitrogen and oxygen atoms in total. The van der Waals surface area contributed by atoms with Crippen LogP contribution in [-0.4, -0.2) is 53.4 Å². The first-order valence-electron chi connectivity index (χ1n) is 7.76. The molecule has 0 radical (unpaired) electrons. The molecular weight excluding hydrogens is 310 g/mol. The molecule has 1 unspecified atom stereocenters. The first-order valence-corrected chi connectivity index (χ1v) is 7.76. The number of para-hydroxylation sites is 1. The maximum absolute atomic E-state index is 12.8. The van der Waals surface area contributed by atoms with Crippen LogP contribution in [0.1, 0.15) is 12.5 Å². The molecule has 0 aliphatic carbocycles. The summed E-state index contributed by atoms with van der Waals surface area (Å²) in [5, 5.41) is 3.48. The number of nitrogens with one attached hydrogen (secondary N) is 2. The number of esters is 1. The van der Waals surface area contributed by atoms with Gasteiger partial charge in [-0.25, -0.2) is 4.79 Å². The van der Waals surface area contributed by atoms with Crippen molar-refractivity contribution < 1.29 is 19.1 Å². The average molecular weight is 329 g/mol. The minimum absolute atomic E-state index is 0.0325. The predicted octanol–water partition coefficient (Wildman–Crippen LogP) is 0.600. The van der Waals surface area contributed by atoms with Gasteiger partial charge in [0.15, 0.2) is 0 Å². The fourth-order valence-corrected chi connectivity index (χ4v) is 3.09. The summed E-state index contributed by atoms with van der Waals surface area (Å²) >= 11 is 0. The lowest BCUT2D eigenvalue weighted by atomic mass is 9.87. The van der Waals surface area contributed by atoms with Crippen molar-refractivity contribution in [1.82, 2.24) is 15.2 Å². The Morgan fingerprint density at radius 3 is 2.83 bits per heavy atom. The number of ether oxygens (including phenoxy) is 1. The highest BCUT2D eigenvalue weighted by Crippen LogP contribution is 2.26. The van der Waals surface area contributed by atoms with Gasteiger partial charge in [-0.15, -0.1) is 0 Å². The number of hydrogen-bond acceptors (Lipinski definition) is 4. The van der Waals surface area contributed by atoms with Crippen LogP contribution in [0.15, 0.2) is 30.5 Å². The Kier molecular flexibility index (Phi) is 4.01. The van der Waals surface area contributed by atoms with Gasteiger partial charge in [0.25, 0.3) is 5.91 Å². The topological polar surface area (TPSA) is 91.5 Å². The summed E-state index contributed by atoms with van der Waals surface area (Å²) in [4.78, 5) is 41.7. The molecule has 1 fully saturated rings. The number of amides is 2. The second-order valence-corrected chi connectivity index (χ2v) is 5.87. The third kappa shape index (κ3) is 2.51. The molecule has 0 saturated carbocycles. The number of H-pyrrole nitrogens is 1. The number of likely N-dealkylation sites (N-methyl/N-ethyl adjacent to an activating group) is 1. The number of carbonyl (C=O) groups is 3. The van der Waals surface area contributed by atoms with Crippen LogP contribution in [0.3, 0.4) is 0 Å². The van der Waals surface area contributed by atoms with E-state index in [1.165, 1.54) is 11.9 Å². The summed E-state index contributed by atoms with van der Waals surface area (Å²) < 4.78 is 5.10. The van der Waals surface area contributed by atoms with Crippen LogP contribution >= 0.6 is 0 Å². The third-order valence-electron chi connectivity index (χ3n) is 4.20. The summed E-state index contributed by atoms with van der Waals surface area (Å²) in [7, 11) is 1.50. The van der Waals surface area contributed by atoms with E-state index in [1.807, 2.05) is 24.3 Å². The number of benzene rings is 1. The van der Waals surface area contributed by atoms with Crippen molar-refractivity contribution >= 4 is 28.7 Å². The Morgan fingerprint density at radius 2 is 2.08 bits per heavy atom. The van der Waals surface area contributed by atoms with Crippen LogP contribution < -0.4 is 5.32 Å². The highest BCUT2D eigenvalue weighted by atomic mass is 16.5. The first-order chi connectivity index (χ1) is 11.5. The van der Waals surface area contributed by atoms with Crippen molar-refractivity contribution in [2.75, 3.05) is 20.2 Å². The molecule has 1 aromatic heterocycles. The minimum atomic E-state index is -1.73. The number of aromatic nitrogens is 1. The molecule has 0 bridgehead atoms. The van der Waals surface area contributed by atoms with E-state index in [4.69, 9.17) is 4.74 Å². The monoisotopic (exact) mass is 329 g/mol. The smallest absolute Gasteiger partial charge is 0.342 e. The van der Waals surface area contributed by atoms with Crippen LogP contribution in [0, 0.1) is 0 Å². The maximum atomic E-state index is 12.8. The van der Waals surface area contributed by atoms with Gasteiger partial charge in [-0.05, 0) is 18.6 Å². The highest BCUT2D eigenvalue weighted by molar-refractivity contribution is 6.13. The normalized spacial score (nSPS) is 21.0. The number of hydrogen-bond donors (Lipinski definition) is 2. The van der Waals surface area contributed by atoms with Crippen molar-refractivity contribution in [2.45, 2.75) is 18.9 Å². The van der Waals surface area contributed by atoms with Gasteiger partial charge >= 0.3 is 5.97 Å². The van der Waals surface area contributed by atoms with Gasteiger partial charge in [-0.2, -0.15) is 0 Å². The van der Waals surface area contributed by atoms with Crippen LogP contribution in [0.2, 0.25) is 0 Å². The van der Waals surface area contributed by atoms with E-state index in [9.17, 15) is 14.4 Å². The Balaban J connectivity index is 2.06. The van der Waals surface area contributed by atoms with Gasteiger partial charge in [-0.3, -0.25) is 9.59 Å². The van der Waals surface area contributed by atoms with E-state index in [1.54, 1.807) is 13.1 Å². The molecule has 1 aliphatic rings. The van der Waals surface area contributed by atoms with Gasteiger partial charge < -0.3 is 19.9 Å². The number of carbonyl (C=O) groups excluding carboxylic acids is 3. The SMILES string of the molecule is CCOC(=O)C1(Cc2c[nH]c3ccccc23)NC(=O)CN(C)C1=O. The Hall–Kier alpha value is -2.83. The third-order valence-corrected chi connectivity index (χ3v) is 4.20. The Bertz CT molecular complexity index is 813. The molecule has 126 valence electrons. The van der Waals surface area contributed by atoms with Crippen molar-refractivity contribution in [3.63, 3.8) is 0 Å².